The third kappa shape index (κ3) is 2.40. The van der Waals surface area contributed by atoms with Gasteiger partial charge in [-0.1, -0.05) is 5.57 Å². The molecule has 2 aliphatic rings. The largest absolute Gasteiger partial charge is 0.394 e. The molecule has 100 valence electrons. The molecule has 0 spiro atoms. The fourth-order valence-electron chi connectivity index (χ4n) is 2.51. The van der Waals surface area contributed by atoms with Crippen molar-refractivity contribution in [1.29, 1.82) is 0 Å². The van der Waals surface area contributed by atoms with Gasteiger partial charge in [-0.15, -0.1) is 0 Å². The van der Waals surface area contributed by atoms with Gasteiger partial charge in [0.25, 0.3) is 0 Å². The Bertz CT molecular complexity index is 410. The van der Waals surface area contributed by atoms with Gasteiger partial charge >= 0.3 is 0 Å². The van der Waals surface area contributed by atoms with Crippen molar-refractivity contribution in [2.45, 2.75) is 44.0 Å². The van der Waals surface area contributed by atoms with Crippen molar-refractivity contribution in [1.82, 2.24) is 0 Å². The van der Waals surface area contributed by atoms with Crippen molar-refractivity contribution >= 4 is 5.78 Å². The van der Waals surface area contributed by atoms with Gasteiger partial charge in [0.15, 0.2) is 5.78 Å². The van der Waals surface area contributed by atoms with Crippen LogP contribution in [0, 0.1) is 0 Å². The third-order valence-corrected chi connectivity index (χ3v) is 3.60. The van der Waals surface area contributed by atoms with Crippen LogP contribution < -0.4 is 0 Å². The van der Waals surface area contributed by atoms with Crippen LogP contribution in [0.25, 0.3) is 0 Å². The molecule has 0 saturated carbocycles. The molecule has 0 aromatic heterocycles. The molecule has 0 aliphatic heterocycles. The van der Waals surface area contributed by atoms with Crippen molar-refractivity contribution < 1.29 is 25.2 Å². The summed E-state index contributed by atoms with van der Waals surface area (Å²) in [5.74, 6) is 0.0793. The van der Waals surface area contributed by atoms with Gasteiger partial charge < -0.3 is 20.4 Å². The summed E-state index contributed by atoms with van der Waals surface area (Å²) < 4.78 is 0. The Morgan fingerprint density at radius 2 is 1.94 bits per heavy atom. The Labute approximate surface area is 105 Å². The van der Waals surface area contributed by atoms with Crippen LogP contribution in [0.1, 0.15) is 25.7 Å². The minimum atomic E-state index is -1.43. The van der Waals surface area contributed by atoms with Gasteiger partial charge in [0, 0.05) is 12.0 Å². The molecule has 5 heteroatoms. The first-order valence-electron chi connectivity index (χ1n) is 6.15. The summed E-state index contributed by atoms with van der Waals surface area (Å²) >= 11 is 0. The van der Waals surface area contributed by atoms with Crippen LogP contribution in [0.2, 0.25) is 0 Å². The Balaban J connectivity index is 2.09. The van der Waals surface area contributed by atoms with E-state index in [0.717, 1.165) is 18.4 Å². The maximum atomic E-state index is 11.7. The number of carbonyl (C=O) groups is 1. The van der Waals surface area contributed by atoms with E-state index >= 15 is 0 Å². The second-order valence-corrected chi connectivity index (χ2v) is 4.88. The fourth-order valence-corrected chi connectivity index (χ4v) is 2.51. The van der Waals surface area contributed by atoms with E-state index in [-0.39, 0.29) is 5.78 Å². The number of aliphatic hydroxyl groups excluding tert-OH is 4. The van der Waals surface area contributed by atoms with Crippen LogP contribution in [0.3, 0.4) is 0 Å². The lowest BCUT2D eigenvalue weighted by atomic mass is 9.92. The zero-order valence-electron chi connectivity index (χ0n) is 10.0. The Hall–Kier alpha value is -1.01. The highest BCUT2D eigenvalue weighted by Crippen LogP contribution is 2.36. The van der Waals surface area contributed by atoms with Crippen LogP contribution in [0.15, 0.2) is 22.8 Å². The molecule has 2 aliphatic carbocycles. The molecule has 2 rings (SSSR count). The molecule has 18 heavy (non-hydrogen) atoms. The summed E-state index contributed by atoms with van der Waals surface area (Å²) in [6.45, 7) is -0.614. The summed E-state index contributed by atoms with van der Waals surface area (Å²) in [5.41, 5.74) is 2.20. The first kappa shape index (κ1) is 13.4. The first-order chi connectivity index (χ1) is 8.54. The Kier molecular flexibility index (Phi) is 3.97. The maximum absolute atomic E-state index is 11.7. The highest BCUT2D eigenvalue weighted by molar-refractivity contribution is 6.00. The molecule has 0 fully saturated rings. The van der Waals surface area contributed by atoms with Crippen LogP contribution >= 0.6 is 0 Å². The second kappa shape index (κ2) is 5.32. The summed E-state index contributed by atoms with van der Waals surface area (Å²) in [7, 11) is 0. The lowest BCUT2D eigenvalue weighted by molar-refractivity contribution is -0.115. The molecule has 0 heterocycles. The zero-order valence-corrected chi connectivity index (χ0v) is 10.0. The van der Waals surface area contributed by atoms with E-state index < -0.39 is 24.9 Å². The molecule has 0 saturated heterocycles. The number of allylic oxidation sites excluding steroid dienone is 3. The molecule has 5 nitrogen and oxygen atoms in total. The van der Waals surface area contributed by atoms with Gasteiger partial charge in [0.1, 0.15) is 18.3 Å². The molecule has 3 atom stereocenters. The molecule has 0 amide bonds. The molecule has 4 N–H and O–H groups in total. The minimum absolute atomic E-state index is 0.0793. The number of rotatable bonds is 4. The van der Waals surface area contributed by atoms with Gasteiger partial charge in [-0.05, 0) is 30.9 Å². The average molecular weight is 254 g/mol. The topological polar surface area (TPSA) is 98.0 Å². The van der Waals surface area contributed by atoms with E-state index in [2.05, 4.69) is 0 Å². The van der Waals surface area contributed by atoms with E-state index in [9.17, 15) is 20.1 Å². The van der Waals surface area contributed by atoms with Crippen molar-refractivity contribution in [3.63, 3.8) is 0 Å². The monoisotopic (exact) mass is 254 g/mol. The van der Waals surface area contributed by atoms with Crippen molar-refractivity contribution in [2.24, 2.45) is 0 Å². The molecule has 0 aromatic carbocycles. The van der Waals surface area contributed by atoms with E-state index in [0.29, 0.717) is 24.0 Å². The first-order valence-corrected chi connectivity index (χ1v) is 6.15. The number of hydrogen-bond donors (Lipinski definition) is 4. The van der Waals surface area contributed by atoms with Crippen molar-refractivity contribution in [3.8, 4) is 0 Å². The normalized spacial score (nSPS) is 24.7. The lowest BCUT2D eigenvalue weighted by Crippen LogP contribution is -2.40. The van der Waals surface area contributed by atoms with Crippen molar-refractivity contribution in [3.05, 3.63) is 22.8 Å². The van der Waals surface area contributed by atoms with E-state index in [1.807, 2.05) is 0 Å². The van der Waals surface area contributed by atoms with Crippen molar-refractivity contribution in [2.75, 3.05) is 6.61 Å². The average Bonchev–Trinajstić information content (AvgIpc) is 2.81. The molecular weight excluding hydrogens is 236 g/mol. The van der Waals surface area contributed by atoms with Crippen LogP contribution in [-0.4, -0.2) is 51.1 Å². The zero-order chi connectivity index (χ0) is 13.3. The highest BCUT2D eigenvalue weighted by atomic mass is 16.4. The summed E-state index contributed by atoms with van der Waals surface area (Å²) in [4.78, 5) is 11.7. The molecule has 0 bridgehead atoms. The molecule has 0 radical (unpaired) electrons. The van der Waals surface area contributed by atoms with E-state index in [4.69, 9.17) is 5.11 Å². The van der Waals surface area contributed by atoms with Gasteiger partial charge in [0.2, 0.25) is 0 Å². The van der Waals surface area contributed by atoms with E-state index in [1.165, 1.54) is 0 Å². The Morgan fingerprint density at radius 3 is 2.56 bits per heavy atom. The summed E-state index contributed by atoms with van der Waals surface area (Å²) in [6, 6.07) is 0. The molecule has 0 aromatic rings. The minimum Gasteiger partial charge on any atom is -0.394 e. The number of Topliss-reactive ketones (excluding diaryl/α,β-unsaturated/α-hetero) is 1. The standard InChI is InChI=1S/C13H18O5/c14-6-11(16)13(18)12(17)8-4-7-2-1-3-10(15)9(7)5-8/h5,11-14,16-18H,1-4,6H2/t11-,12-,13-/m1/s1. The summed E-state index contributed by atoms with van der Waals surface area (Å²) in [6.07, 6.45) is 0.230. The lowest BCUT2D eigenvalue weighted by Gasteiger charge is -2.22. The van der Waals surface area contributed by atoms with Gasteiger partial charge in [0.05, 0.1) is 6.61 Å². The molecular formula is C13H18O5. The predicted molar refractivity (Wildman–Crippen MR) is 63.7 cm³/mol. The number of ketones is 1. The van der Waals surface area contributed by atoms with Gasteiger partial charge in [-0.3, -0.25) is 4.79 Å². The maximum Gasteiger partial charge on any atom is 0.162 e. The van der Waals surface area contributed by atoms with Crippen LogP contribution in [0.5, 0.6) is 0 Å². The fraction of sp³-hybridized carbons (Fsp3) is 0.615. The predicted octanol–water partition coefficient (Wildman–Crippen LogP) is -0.559. The third-order valence-electron chi connectivity index (χ3n) is 3.60. The number of hydrogen-bond acceptors (Lipinski definition) is 5. The van der Waals surface area contributed by atoms with E-state index in [1.54, 1.807) is 6.08 Å². The van der Waals surface area contributed by atoms with Gasteiger partial charge in [-0.2, -0.15) is 0 Å². The van der Waals surface area contributed by atoms with Gasteiger partial charge in [-0.25, -0.2) is 0 Å². The second-order valence-electron chi connectivity index (χ2n) is 4.88. The summed E-state index contributed by atoms with van der Waals surface area (Å²) in [5, 5.41) is 37.6. The number of carbonyl (C=O) groups excluding carboxylic acids is 1. The Morgan fingerprint density at radius 1 is 1.22 bits per heavy atom. The van der Waals surface area contributed by atoms with Crippen LogP contribution in [-0.2, 0) is 4.79 Å². The molecule has 0 unspecified atom stereocenters. The highest BCUT2D eigenvalue weighted by Gasteiger charge is 2.32. The quantitative estimate of drug-likeness (QED) is 0.539. The van der Waals surface area contributed by atoms with Crippen LogP contribution in [0.4, 0.5) is 0 Å². The smallest absolute Gasteiger partial charge is 0.162 e. The number of aliphatic hydroxyl groups is 4. The SMILES string of the molecule is O=C1CCCC2=C1C=C([C@@H](O)[C@H](O)[C@H](O)CO)C2.